The molecule has 1 aromatic heterocycles. The summed E-state index contributed by atoms with van der Waals surface area (Å²) in [7, 11) is 0. The zero-order valence-corrected chi connectivity index (χ0v) is 19.7. The molecule has 1 amide bonds. The van der Waals surface area contributed by atoms with Crippen molar-refractivity contribution in [3.63, 3.8) is 0 Å². The lowest BCUT2D eigenvalue weighted by Gasteiger charge is -2.38. The van der Waals surface area contributed by atoms with Gasteiger partial charge in [0.05, 0.1) is 29.4 Å². The Kier molecular flexibility index (Phi) is 6.44. The molecule has 0 saturated heterocycles. The van der Waals surface area contributed by atoms with E-state index in [1.54, 1.807) is 11.0 Å². The number of nitrogens with zero attached hydrogens (tertiary/aromatic N) is 4. The van der Waals surface area contributed by atoms with Gasteiger partial charge in [-0.1, -0.05) is 37.8 Å². The summed E-state index contributed by atoms with van der Waals surface area (Å²) in [6.45, 7) is 3.98. The number of halogens is 1. The lowest BCUT2D eigenvalue weighted by atomic mass is 9.96. The van der Waals surface area contributed by atoms with Crippen LogP contribution in [-0.4, -0.2) is 50.8 Å². The first kappa shape index (κ1) is 22.7. The maximum atomic E-state index is 13.7. The van der Waals surface area contributed by atoms with Gasteiger partial charge in [-0.2, -0.15) is 0 Å². The maximum Gasteiger partial charge on any atom is 0.407 e. The number of anilines is 1. The molecule has 2 aliphatic rings. The van der Waals surface area contributed by atoms with Gasteiger partial charge in [0.15, 0.2) is 0 Å². The van der Waals surface area contributed by atoms with Crippen molar-refractivity contribution in [3.05, 3.63) is 60.2 Å². The van der Waals surface area contributed by atoms with Crippen LogP contribution >= 0.6 is 0 Å². The quantitative estimate of drug-likeness (QED) is 0.474. The summed E-state index contributed by atoms with van der Waals surface area (Å²) < 4.78 is 15.8. The second kappa shape index (κ2) is 9.65. The molecule has 34 heavy (non-hydrogen) atoms. The van der Waals surface area contributed by atoms with Gasteiger partial charge in [-0.3, -0.25) is 4.90 Å². The molecule has 2 unspecified atom stereocenters. The van der Waals surface area contributed by atoms with Crippen LogP contribution in [0.15, 0.2) is 48.8 Å². The molecule has 2 aromatic carbocycles. The summed E-state index contributed by atoms with van der Waals surface area (Å²) >= 11 is 0. The Labute approximate surface area is 200 Å². The summed E-state index contributed by atoms with van der Waals surface area (Å²) in [5.41, 5.74) is 3.98. The molecule has 1 saturated carbocycles. The standard InChI is InChI=1S/C27H33FN4O2/c1-19(16-30-13-12-21-15-22(28)10-11-25(21)30)32(27(33)34)23(14-20-6-2-3-7-20)17-31-18-29-24-8-4-5-9-26(24)31/h4-5,8-11,15,18-20,23H,2-3,6-7,12-14,16-17H2,1H3,(H,33,34). The van der Waals surface area contributed by atoms with Crippen LogP contribution in [0.5, 0.6) is 0 Å². The summed E-state index contributed by atoms with van der Waals surface area (Å²) in [4.78, 5) is 21.0. The Morgan fingerprint density at radius 2 is 2.00 bits per heavy atom. The number of hydrogen-bond acceptors (Lipinski definition) is 3. The summed E-state index contributed by atoms with van der Waals surface area (Å²) in [6.07, 6.45) is 7.43. The number of amides is 1. The minimum Gasteiger partial charge on any atom is -0.465 e. The van der Waals surface area contributed by atoms with Crippen LogP contribution in [0.1, 0.15) is 44.6 Å². The Balaban J connectivity index is 1.39. The van der Waals surface area contributed by atoms with Crippen molar-refractivity contribution in [3.8, 4) is 0 Å². The van der Waals surface area contributed by atoms with E-state index in [0.29, 0.717) is 19.0 Å². The van der Waals surface area contributed by atoms with Crippen LogP contribution in [0.3, 0.4) is 0 Å². The molecule has 7 heteroatoms. The van der Waals surface area contributed by atoms with Gasteiger partial charge < -0.3 is 14.6 Å². The highest BCUT2D eigenvalue weighted by molar-refractivity contribution is 5.75. The molecule has 1 aliphatic heterocycles. The Morgan fingerprint density at radius 1 is 1.21 bits per heavy atom. The van der Waals surface area contributed by atoms with Gasteiger partial charge in [0.25, 0.3) is 0 Å². The molecular weight excluding hydrogens is 431 g/mol. The third-order valence-electron chi connectivity index (χ3n) is 7.62. The van der Waals surface area contributed by atoms with E-state index in [9.17, 15) is 14.3 Å². The number of aromatic nitrogens is 2. The van der Waals surface area contributed by atoms with E-state index in [1.165, 1.54) is 31.7 Å². The third kappa shape index (κ3) is 4.61. The molecule has 2 atom stereocenters. The van der Waals surface area contributed by atoms with Gasteiger partial charge in [-0.05, 0) is 61.6 Å². The Morgan fingerprint density at radius 3 is 2.79 bits per heavy atom. The monoisotopic (exact) mass is 464 g/mol. The van der Waals surface area contributed by atoms with E-state index < -0.39 is 6.09 Å². The third-order valence-corrected chi connectivity index (χ3v) is 7.62. The van der Waals surface area contributed by atoms with E-state index in [-0.39, 0.29) is 17.9 Å². The second-order valence-electron chi connectivity index (χ2n) is 9.93. The number of carboxylic acid groups (broad SMARTS) is 1. The van der Waals surface area contributed by atoms with Crippen LogP contribution in [0.4, 0.5) is 14.9 Å². The van der Waals surface area contributed by atoms with E-state index in [0.717, 1.165) is 41.7 Å². The SMILES string of the molecule is CC(CN1CCc2cc(F)ccc21)N(C(=O)O)C(CC1CCCC1)Cn1cnc2ccccc21. The number of hydrogen-bond donors (Lipinski definition) is 1. The fourth-order valence-electron chi connectivity index (χ4n) is 6.03. The van der Waals surface area contributed by atoms with Crippen molar-refractivity contribution in [2.24, 2.45) is 5.92 Å². The van der Waals surface area contributed by atoms with Crippen molar-refractivity contribution >= 4 is 22.8 Å². The van der Waals surface area contributed by atoms with Crippen molar-refractivity contribution in [1.82, 2.24) is 14.5 Å². The average Bonchev–Trinajstić information content (AvgIpc) is 3.55. The second-order valence-corrected chi connectivity index (χ2v) is 9.93. The van der Waals surface area contributed by atoms with E-state index >= 15 is 0 Å². The van der Waals surface area contributed by atoms with Crippen LogP contribution in [0, 0.1) is 11.7 Å². The average molecular weight is 465 g/mol. The minimum absolute atomic E-state index is 0.136. The molecule has 5 rings (SSSR count). The van der Waals surface area contributed by atoms with Crippen molar-refractivity contribution in [2.75, 3.05) is 18.0 Å². The lowest BCUT2D eigenvalue weighted by molar-refractivity contribution is 0.0885. The molecule has 1 aliphatic carbocycles. The smallest absolute Gasteiger partial charge is 0.407 e. The Hall–Kier alpha value is -3.09. The highest BCUT2D eigenvalue weighted by Gasteiger charge is 2.33. The molecule has 3 aromatic rings. The summed E-state index contributed by atoms with van der Waals surface area (Å²) in [5.74, 6) is 0.342. The fourth-order valence-corrected chi connectivity index (χ4v) is 6.03. The first-order valence-electron chi connectivity index (χ1n) is 12.4. The molecule has 0 spiro atoms. The lowest BCUT2D eigenvalue weighted by Crippen LogP contribution is -2.51. The predicted molar refractivity (Wildman–Crippen MR) is 132 cm³/mol. The largest absolute Gasteiger partial charge is 0.465 e. The summed E-state index contributed by atoms with van der Waals surface area (Å²) in [5, 5.41) is 10.4. The number of imidazole rings is 1. The number of benzene rings is 2. The van der Waals surface area contributed by atoms with Gasteiger partial charge in [0, 0.05) is 25.3 Å². The molecule has 180 valence electrons. The van der Waals surface area contributed by atoms with Gasteiger partial charge in [-0.25, -0.2) is 14.2 Å². The minimum atomic E-state index is -0.876. The zero-order valence-electron chi connectivity index (χ0n) is 19.7. The first-order valence-corrected chi connectivity index (χ1v) is 12.4. The van der Waals surface area contributed by atoms with Crippen molar-refractivity contribution in [2.45, 2.75) is 64.1 Å². The van der Waals surface area contributed by atoms with Crippen molar-refractivity contribution < 1.29 is 14.3 Å². The Bertz CT molecular complexity index is 1160. The topological polar surface area (TPSA) is 61.6 Å². The molecule has 0 bridgehead atoms. The van der Waals surface area contributed by atoms with Gasteiger partial charge in [0.1, 0.15) is 5.82 Å². The first-order chi connectivity index (χ1) is 16.5. The molecule has 1 N–H and O–H groups in total. The van der Waals surface area contributed by atoms with Gasteiger partial charge >= 0.3 is 6.09 Å². The highest BCUT2D eigenvalue weighted by Crippen LogP contribution is 2.33. The highest BCUT2D eigenvalue weighted by atomic mass is 19.1. The van der Waals surface area contributed by atoms with E-state index in [1.807, 2.05) is 43.6 Å². The number of carbonyl (C=O) groups is 1. The van der Waals surface area contributed by atoms with E-state index in [2.05, 4.69) is 14.5 Å². The van der Waals surface area contributed by atoms with Crippen LogP contribution in [0.2, 0.25) is 0 Å². The van der Waals surface area contributed by atoms with Gasteiger partial charge in [-0.15, -0.1) is 0 Å². The van der Waals surface area contributed by atoms with E-state index in [4.69, 9.17) is 0 Å². The van der Waals surface area contributed by atoms with Crippen LogP contribution in [0.25, 0.3) is 11.0 Å². The van der Waals surface area contributed by atoms with Crippen molar-refractivity contribution in [1.29, 1.82) is 0 Å². The fraction of sp³-hybridized carbons (Fsp3) is 0.481. The molecule has 1 fully saturated rings. The van der Waals surface area contributed by atoms with Crippen LogP contribution in [-0.2, 0) is 13.0 Å². The predicted octanol–water partition coefficient (Wildman–Crippen LogP) is 5.56. The molecule has 2 heterocycles. The zero-order chi connectivity index (χ0) is 23.7. The van der Waals surface area contributed by atoms with Crippen LogP contribution < -0.4 is 4.90 Å². The molecule has 0 radical (unpaired) electrons. The molecule has 6 nitrogen and oxygen atoms in total. The van der Waals surface area contributed by atoms with Gasteiger partial charge in [0.2, 0.25) is 0 Å². The number of rotatable bonds is 8. The normalized spacial score (nSPS) is 17.8. The number of para-hydroxylation sites is 2. The number of fused-ring (bicyclic) bond motifs is 2. The molecular formula is C27H33FN4O2. The maximum absolute atomic E-state index is 13.7. The summed E-state index contributed by atoms with van der Waals surface area (Å²) in [6, 6.07) is 12.6.